The van der Waals surface area contributed by atoms with E-state index in [1.54, 1.807) is 6.20 Å². The third-order valence-electron chi connectivity index (χ3n) is 4.96. The number of nitrogens with one attached hydrogen (secondary N) is 1. The molecular formula is C25H18N2O2. The van der Waals surface area contributed by atoms with Crippen molar-refractivity contribution in [2.24, 2.45) is 0 Å². The van der Waals surface area contributed by atoms with Crippen molar-refractivity contribution in [3.05, 3.63) is 103 Å². The Morgan fingerprint density at radius 1 is 0.828 bits per heavy atom. The molecule has 0 aliphatic heterocycles. The molecule has 0 bridgehead atoms. The monoisotopic (exact) mass is 378 g/mol. The zero-order valence-electron chi connectivity index (χ0n) is 15.6. The van der Waals surface area contributed by atoms with Gasteiger partial charge in [-0.2, -0.15) is 0 Å². The number of carbonyl (C=O) groups excluding carboxylic acids is 1. The lowest BCUT2D eigenvalue weighted by Gasteiger charge is -2.00. The third-order valence-corrected chi connectivity index (χ3v) is 4.96. The summed E-state index contributed by atoms with van der Waals surface area (Å²) in [6.07, 6.45) is 1.86. The van der Waals surface area contributed by atoms with Crippen LogP contribution in [-0.4, -0.2) is 15.8 Å². The minimum absolute atomic E-state index is 0.0251. The smallest absolute Gasteiger partial charge is 0.203 e. The van der Waals surface area contributed by atoms with E-state index in [1.807, 2.05) is 84.9 Å². The maximum absolute atomic E-state index is 13.0. The highest BCUT2D eigenvalue weighted by molar-refractivity contribution is 6.08. The highest BCUT2D eigenvalue weighted by atomic mass is 16.4. The number of fused-ring (bicyclic) bond motifs is 1. The second-order valence-corrected chi connectivity index (χ2v) is 6.87. The van der Waals surface area contributed by atoms with Crippen molar-refractivity contribution in [3.63, 3.8) is 0 Å². The predicted molar refractivity (Wildman–Crippen MR) is 114 cm³/mol. The number of aromatic amines is 1. The maximum atomic E-state index is 13.0. The summed E-state index contributed by atoms with van der Waals surface area (Å²) in [6.45, 7) is 0. The van der Waals surface area contributed by atoms with E-state index >= 15 is 0 Å². The summed E-state index contributed by atoms with van der Waals surface area (Å²) in [5.74, 6) is 1.07. The molecule has 5 rings (SSSR count). The van der Waals surface area contributed by atoms with Crippen LogP contribution in [0.5, 0.6) is 0 Å². The number of hydrogen-bond acceptors (Lipinski definition) is 3. The largest absolute Gasteiger partial charge is 0.440 e. The van der Waals surface area contributed by atoms with Crippen LogP contribution >= 0.6 is 0 Å². The molecule has 0 aliphatic rings. The summed E-state index contributed by atoms with van der Waals surface area (Å²) in [4.78, 5) is 20.8. The van der Waals surface area contributed by atoms with E-state index in [2.05, 4.69) is 9.97 Å². The fourth-order valence-electron chi connectivity index (χ4n) is 3.55. The molecule has 0 radical (unpaired) electrons. The van der Waals surface area contributed by atoms with Crippen LogP contribution in [0.1, 0.15) is 16.2 Å². The van der Waals surface area contributed by atoms with E-state index < -0.39 is 0 Å². The number of Topliss-reactive ketones (excluding diaryl/α,β-unsaturated/α-hetero) is 1. The number of carbonyl (C=O) groups is 1. The first-order chi connectivity index (χ1) is 14.3. The van der Waals surface area contributed by atoms with Crippen LogP contribution in [0, 0.1) is 0 Å². The molecule has 5 aromatic rings. The summed E-state index contributed by atoms with van der Waals surface area (Å²) in [7, 11) is 0. The van der Waals surface area contributed by atoms with Crippen molar-refractivity contribution >= 4 is 16.7 Å². The molecule has 140 valence electrons. The average molecular weight is 378 g/mol. The van der Waals surface area contributed by atoms with Gasteiger partial charge in [-0.3, -0.25) is 4.79 Å². The van der Waals surface area contributed by atoms with E-state index in [0.717, 1.165) is 27.7 Å². The van der Waals surface area contributed by atoms with Crippen LogP contribution < -0.4 is 0 Å². The Kier molecular flexibility index (Phi) is 4.30. The van der Waals surface area contributed by atoms with Gasteiger partial charge in [0.15, 0.2) is 11.5 Å². The van der Waals surface area contributed by atoms with Gasteiger partial charge >= 0.3 is 0 Å². The van der Waals surface area contributed by atoms with Crippen LogP contribution in [-0.2, 0) is 6.42 Å². The number of para-hydroxylation sites is 1. The summed E-state index contributed by atoms with van der Waals surface area (Å²) in [5, 5.41) is 0.913. The first-order valence-corrected chi connectivity index (χ1v) is 9.49. The van der Waals surface area contributed by atoms with E-state index in [1.165, 1.54) is 0 Å². The van der Waals surface area contributed by atoms with Gasteiger partial charge in [0, 0.05) is 33.8 Å². The fraction of sp³-hybridized carbons (Fsp3) is 0.0400. The Labute approximate surface area is 167 Å². The van der Waals surface area contributed by atoms with Crippen molar-refractivity contribution in [2.75, 3.05) is 0 Å². The molecule has 0 saturated carbocycles. The molecule has 0 amide bonds. The molecule has 4 nitrogen and oxygen atoms in total. The minimum Gasteiger partial charge on any atom is -0.440 e. The topological polar surface area (TPSA) is 58.9 Å². The highest BCUT2D eigenvalue weighted by Gasteiger charge is 2.20. The molecular weight excluding hydrogens is 360 g/mol. The van der Waals surface area contributed by atoms with E-state index in [9.17, 15) is 4.79 Å². The molecule has 3 aromatic carbocycles. The van der Waals surface area contributed by atoms with Crippen LogP contribution in [0.3, 0.4) is 0 Å². The average Bonchev–Trinajstić information content (AvgIpc) is 3.39. The lowest BCUT2D eigenvalue weighted by atomic mass is 10.1. The molecule has 0 unspecified atom stereocenters. The van der Waals surface area contributed by atoms with Gasteiger partial charge in [0.25, 0.3) is 0 Å². The predicted octanol–water partition coefficient (Wildman–Crippen LogP) is 5.92. The Bertz CT molecular complexity index is 1230. The van der Waals surface area contributed by atoms with Gasteiger partial charge in [0.05, 0.1) is 6.42 Å². The molecule has 0 fully saturated rings. The van der Waals surface area contributed by atoms with Crippen molar-refractivity contribution in [1.82, 2.24) is 9.97 Å². The highest BCUT2D eigenvalue weighted by Crippen LogP contribution is 2.33. The SMILES string of the molecule is O=C(Cc1nc(-c2ccccc2)c(-c2ccccc2)o1)c1c[nH]c2ccccc12. The molecule has 0 atom stereocenters. The summed E-state index contributed by atoms with van der Waals surface area (Å²) >= 11 is 0. The summed E-state index contributed by atoms with van der Waals surface area (Å²) in [6, 6.07) is 27.5. The first-order valence-electron chi connectivity index (χ1n) is 9.49. The second-order valence-electron chi connectivity index (χ2n) is 6.87. The number of hydrogen-bond donors (Lipinski definition) is 1. The number of benzene rings is 3. The van der Waals surface area contributed by atoms with Crippen molar-refractivity contribution in [3.8, 4) is 22.6 Å². The fourth-order valence-corrected chi connectivity index (χ4v) is 3.55. The summed E-state index contributed by atoms with van der Waals surface area (Å²) < 4.78 is 6.09. The lowest BCUT2D eigenvalue weighted by molar-refractivity contribution is 0.0987. The van der Waals surface area contributed by atoms with E-state index in [-0.39, 0.29) is 12.2 Å². The zero-order valence-corrected chi connectivity index (χ0v) is 15.6. The van der Waals surface area contributed by atoms with Gasteiger partial charge < -0.3 is 9.40 Å². The number of rotatable bonds is 5. The Hall–Kier alpha value is -3.92. The minimum atomic E-state index is -0.0251. The van der Waals surface area contributed by atoms with E-state index in [0.29, 0.717) is 17.2 Å². The molecule has 0 aliphatic carbocycles. The standard InChI is InChI=1S/C25H18N2O2/c28-22(20-16-26-21-14-8-7-13-19(20)21)15-23-27-24(17-9-3-1-4-10-17)25(29-23)18-11-5-2-6-12-18/h1-14,16,26H,15H2. The van der Waals surface area contributed by atoms with Crippen molar-refractivity contribution in [2.45, 2.75) is 6.42 Å². The summed E-state index contributed by atoms with van der Waals surface area (Å²) in [5.41, 5.74) is 4.24. The lowest BCUT2D eigenvalue weighted by Crippen LogP contribution is -2.03. The number of ketones is 1. The van der Waals surface area contributed by atoms with Crippen molar-refractivity contribution < 1.29 is 9.21 Å². The second kappa shape index (κ2) is 7.24. The number of aromatic nitrogens is 2. The van der Waals surface area contributed by atoms with Gasteiger partial charge in [-0.25, -0.2) is 4.98 Å². The quantitative estimate of drug-likeness (QED) is 0.387. The molecule has 4 heteroatoms. The van der Waals surface area contributed by atoms with Crippen LogP contribution in [0.15, 0.2) is 95.5 Å². The van der Waals surface area contributed by atoms with Gasteiger partial charge in [0.1, 0.15) is 5.69 Å². The molecule has 1 N–H and O–H groups in total. The van der Waals surface area contributed by atoms with Gasteiger partial charge in [-0.15, -0.1) is 0 Å². The zero-order chi connectivity index (χ0) is 19.6. The van der Waals surface area contributed by atoms with Gasteiger partial charge in [0.2, 0.25) is 5.89 Å². The number of nitrogens with zero attached hydrogens (tertiary/aromatic N) is 1. The maximum Gasteiger partial charge on any atom is 0.203 e. The van der Waals surface area contributed by atoms with Crippen LogP contribution in [0.25, 0.3) is 33.5 Å². The number of oxazole rings is 1. The Morgan fingerprint density at radius 2 is 1.48 bits per heavy atom. The Morgan fingerprint density at radius 3 is 2.24 bits per heavy atom. The van der Waals surface area contributed by atoms with Crippen molar-refractivity contribution in [1.29, 1.82) is 0 Å². The molecule has 29 heavy (non-hydrogen) atoms. The van der Waals surface area contributed by atoms with Crippen LogP contribution in [0.4, 0.5) is 0 Å². The van der Waals surface area contributed by atoms with Gasteiger partial charge in [-0.1, -0.05) is 78.9 Å². The van der Waals surface area contributed by atoms with Gasteiger partial charge in [-0.05, 0) is 6.07 Å². The molecule has 0 spiro atoms. The third kappa shape index (κ3) is 3.25. The Balaban J connectivity index is 1.54. The molecule has 2 aromatic heterocycles. The number of H-pyrrole nitrogens is 1. The normalized spacial score (nSPS) is 11.0. The van der Waals surface area contributed by atoms with Crippen LogP contribution in [0.2, 0.25) is 0 Å². The van der Waals surface area contributed by atoms with E-state index in [4.69, 9.17) is 4.42 Å². The molecule has 0 saturated heterocycles. The first kappa shape index (κ1) is 17.2. The molecule has 2 heterocycles.